The van der Waals surface area contributed by atoms with Gasteiger partial charge in [0.2, 0.25) is 11.8 Å². The van der Waals surface area contributed by atoms with E-state index in [1.54, 1.807) is 45.9 Å². The highest BCUT2D eigenvalue weighted by Crippen LogP contribution is 2.33. The van der Waals surface area contributed by atoms with Gasteiger partial charge in [-0.15, -0.1) is 0 Å². The zero-order chi connectivity index (χ0) is 32.2. The molecule has 3 aromatic rings. The fourth-order valence-corrected chi connectivity index (χ4v) is 6.19. The van der Waals surface area contributed by atoms with E-state index >= 15 is 0 Å². The maximum Gasteiger partial charge on any atom is 0.416 e. The number of carbonyl (C=O) groups is 2. The number of nitrogens with one attached hydrogen (secondary N) is 1. The van der Waals surface area contributed by atoms with Gasteiger partial charge in [0.1, 0.15) is 12.6 Å². The van der Waals surface area contributed by atoms with E-state index in [0.29, 0.717) is 21.0 Å². The summed E-state index contributed by atoms with van der Waals surface area (Å²) in [6, 6.07) is 14.3. The van der Waals surface area contributed by atoms with Gasteiger partial charge in [-0.1, -0.05) is 60.5 Å². The van der Waals surface area contributed by atoms with Crippen molar-refractivity contribution in [1.82, 2.24) is 10.2 Å². The molecule has 232 valence electrons. The van der Waals surface area contributed by atoms with Crippen molar-refractivity contribution in [3.63, 3.8) is 0 Å². The second-order valence-corrected chi connectivity index (χ2v) is 13.5. The molecule has 3 rings (SSSR count). The van der Waals surface area contributed by atoms with Crippen LogP contribution in [-0.4, -0.2) is 43.3 Å². The number of sulfonamides is 1. The molecule has 0 saturated carbocycles. The monoisotopic (exact) mass is 657 g/mol. The van der Waals surface area contributed by atoms with E-state index in [-0.39, 0.29) is 28.6 Å². The van der Waals surface area contributed by atoms with E-state index in [0.717, 1.165) is 12.1 Å². The Morgan fingerprint density at radius 1 is 0.930 bits per heavy atom. The van der Waals surface area contributed by atoms with Crippen LogP contribution in [0.25, 0.3) is 0 Å². The summed E-state index contributed by atoms with van der Waals surface area (Å²) in [5.41, 5.74) is -1.69. The van der Waals surface area contributed by atoms with Gasteiger partial charge < -0.3 is 10.2 Å². The average molecular weight is 659 g/mol. The molecule has 0 spiro atoms. The van der Waals surface area contributed by atoms with Crippen LogP contribution >= 0.6 is 23.2 Å². The SMILES string of the molecule is CC[C@H](C(=O)NC(C)(C)C)N(Cc1ccc(Cl)cc1Cl)C(=O)CN(c1cccc(C(F)(F)F)c1)S(=O)(=O)c1ccccc1. The molecule has 1 atom stereocenters. The highest BCUT2D eigenvalue weighted by Gasteiger charge is 2.36. The molecule has 0 aliphatic heterocycles. The van der Waals surface area contributed by atoms with Crippen molar-refractivity contribution in [1.29, 1.82) is 0 Å². The lowest BCUT2D eigenvalue weighted by Gasteiger charge is -2.35. The Labute approximate surface area is 259 Å². The van der Waals surface area contributed by atoms with Crippen LogP contribution in [0.1, 0.15) is 45.2 Å². The van der Waals surface area contributed by atoms with Crippen LogP contribution in [0.2, 0.25) is 10.0 Å². The van der Waals surface area contributed by atoms with E-state index in [1.165, 1.54) is 41.3 Å². The van der Waals surface area contributed by atoms with Crippen molar-refractivity contribution in [3.8, 4) is 0 Å². The number of hydrogen-bond acceptors (Lipinski definition) is 4. The molecular formula is C30H32Cl2F3N3O4S. The highest BCUT2D eigenvalue weighted by molar-refractivity contribution is 7.92. The third-order valence-corrected chi connectivity index (χ3v) is 8.69. The number of alkyl halides is 3. The summed E-state index contributed by atoms with van der Waals surface area (Å²) >= 11 is 12.4. The minimum Gasteiger partial charge on any atom is -0.350 e. The smallest absolute Gasteiger partial charge is 0.350 e. The number of halogens is 5. The zero-order valence-corrected chi connectivity index (χ0v) is 26.3. The molecule has 0 aliphatic rings. The number of hydrogen-bond donors (Lipinski definition) is 1. The van der Waals surface area contributed by atoms with Gasteiger partial charge in [0.25, 0.3) is 10.0 Å². The molecule has 7 nitrogen and oxygen atoms in total. The number of amides is 2. The first-order valence-corrected chi connectivity index (χ1v) is 15.4. The molecule has 2 amide bonds. The summed E-state index contributed by atoms with van der Waals surface area (Å²) in [6.07, 6.45) is -4.62. The van der Waals surface area contributed by atoms with Crippen molar-refractivity contribution >= 4 is 50.7 Å². The molecule has 43 heavy (non-hydrogen) atoms. The van der Waals surface area contributed by atoms with Crippen LogP contribution < -0.4 is 9.62 Å². The third kappa shape index (κ3) is 8.87. The molecule has 0 unspecified atom stereocenters. The van der Waals surface area contributed by atoms with Gasteiger partial charge in [0.05, 0.1) is 16.1 Å². The van der Waals surface area contributed by atoms with E-state index in [1.807, 2.05) is 0 Å². The number of nitrogens with zero attached hydrogens (tertiary/aromatic N) is 2. The molecule has 0 heterocycles. The maximum atomic E-state index is 14.1. The molecule has 1 N–H and O–H groups in total. The Balaban J connectivity index is 2.14. The summed E-state index contributed by atoms with van der Waals surface area (Å²) in [5.74, 6) is -1.33. The van der Waals surface area contributed by atoms with E-state index in [9.17, 15) is 31.2 Å². The molecule has 0 fully saturated rings. The van der Waals surface area contributed by atoms with Crippen molar-refractivity contribution in [2.24, 2.45) is 0 Å². The molecule has 0 radical (unpaired) electrons. The quantitative estimate of drug-likeness (QED) is 0.256. The van der Waals surface area contributed by atoms with Gasteiger partial charge in [-0.25, -0.2) is 8.42 Å². The first-order valence-electron chi connectivity index (χ1n) is 13.2. The molecule has 0 aromatic heterocycles. The number of anilines is 1. The first-order chi connectivity index (χ1) is 19.9. The van der Waals surface area contributed by atoms with Gasteiger partial charge >= 0.3 is 6.18 Å². The van der Waals surface area contributed by atoms with Crippen LogP contribution in [0.3, 0.4) is 0 Å². The Kier molecular flexibility index (Phi) is 10.8. The third-order valence-electron chi connectivity index (χ3n) is 6.31. The highest BCUT2D eigenvalue weighted by atomic mass is 35.5. The lowest BCUT2D eigenvalue weighted by molar-refractivity contribution is -0.141. The maximum absolute atomic E-state index is 14.1. The summed E-state index contributed by atoms with van der Waals surface area (Å²) < 4.78 is 69.1. The lowest BCUT2D eigenvalue weighted by Crippen LogP contribution is -2.55. The van der Waals surface area contributed by atoms with Gasteiger partial charge in [0.15, 0.2) is 0 Å². The second kappa shape index (κ2) is 13.6. The normalized spacial score (nSPS) is 12.9. The second-order valence-electron chi connectivity index (χ2n) is 10.8. The molecule has 3 aromatic carbocycles. The van der Waals surface area contributed by atoms with E-state index in [4.69, 9.17) is 23.2 Å². The summed E-state index contributed by atoms with van der Waals surface area (Å²) in [6.45, 7) is 5.88. The molecule has 13 heteroatoms. The van der Waals surface area contributed by atoms with Crippen LogP contribution in [0, 0.1) is 0 Å². The van der Waals surface area contributed by atoms with Crippen molar-refractivity contribution in [2.45, 2.75) is 63.3 Å². The molecule has 0 bridgehead atoms. The predicted octanol–water partition coefficient (Wildman–Crippen LogP) is 6.93. The van der Waals surface area contributed by atoms with Crippen LogP contribution in [0.4, 0.5) is 18.9 Å². The van der Waals surface area contributed by atoms with E-state index in [2.05, 4.69) is 5.32 Å². The summed E-state index contributed by atoms with van der Waals surface area (Å²) in [5, 5.41) is 3.39. The Morgan fingerprint density at radius 2 is 1.58 bits per heavy atom. The summed E-state index contributed by atoms with van der Waals surface area (Å²) in [7, 11) is -4.54. The first kappa shape index (κ1) is 34.2. The predicted molar refractivity (Wildman–Crippen MR) is 161 cm³/mol. The fraction of sp³-hybridized carbons (Fsp3) is 0.333. The lowest BCUT2D eigenvalue weighted by atomic mass is 10.1. The van der Waals surface area contributed by atoms with Crippen LogP contribution in [-0.2, 0) is 32.3 Å². The largest absolute Gasteiger partial charge is 0.416 e. The summed E-state index contributed by atoms with van der Waals surface area (Å²) in [4.78, 5) is 28.4. The minimum absolute atomic E-state index is 0.147. The van der Waals surface area contributed by atoms with Crippen LogP contribution in [0.15, 0.2) is 77.7 Å². The van der Waals surface area contributed by atoms with Gasteiger partial charge in [-0.3, -0.25) is 13.9 Å². The Bertz CT molecular complexity index is 1560. The zero-order valence-electron chi connectivity index (χ0n) is 24.0. The van der Waals surface area contributed by atoms with E-state index < -0.39 is 51.7 Å². The molecular weight excluding hydrogens is 626 g/mol. The van der Waals surface area contributed by atoms with Crippen molar-refractivity contribution in [3.05, 3.63) is 94.0 Å². The van der Waals surface area contributed by atoms with Crippen molar-refractivity contribution < 1.29 is 31.2 Å². The number of benzene rings is 3. The topological polar surface area (TPSA) is 86.8 Å². The Hall–Kier alpha value is -3.28. The van der Waals surface area contributed by atoms with Gasteiger partial charge in [0, 0.05) is 22.1 Å². The van der Waals surface area contributed by atoms with Crippen molar-refractivity contribution in [2.75, 3.05) is 10.8 Å². The fourth-order valence-electron chi connectivity index (χ4n) is 4.29. The van der Waals surface area contributed by atoms with Crippen LogP contribution in [0.5, 0.6) is 0 Å². The molecule has 0 saturated heterocycles. The van der Waals surface area contributed by atoms with Gasteiger partial charge in [-0.2, -0.15) is 13.2 Å². The minimum atomic E-state index is -4.77. The number of rotatable bonds is 10. The van der Waals surface area contributed by atoms with Gasteiger partial charge in [-0.05, 0) is 75.2 Å². The molecule has 0 aliphatic carbocycles. The standard InChI is InChI=1S/C30H32Cl2F3N3O4S/c1-5-26(28(40)36-29(2,3)4)37(18-20-14-15-22(31)17-25(20)32)27(39)19-38(43(41,42)24-12-7-6-8-13-24)23-11-9-10-21(16-23)30(33,34)35/h6-17,26H,5,18-19H2,1-4H3,(H,36,40)/t26-/m1/s1. The average Bonchev–Trinajstić information content (AvgIpc) is 2.91. The number of carbonyl (C=O) groups excluding carboxylic acids is 2. The Morgan fingerprint density at radius 3 is 2.14 bits per heavy atom.